The third kappa shape index (κ3) is 3.19. The van der Waals surface area contributed by atoms with Crippen LogP contribution in [0.1, 0.15) is 44.1 Å². The third-order valence-electron chi connectivity index (χ3n) is 3.37. The summed E-state index contributed by atoms with van der Waals surface area (Å²) in [5.41, 5.74) is 2.28. The highest BCUT2D eigenvalue weighted by atomic mass is 15.1. The van der Waals surface area contributed by atoms with Crippen molar-refractivity contribution in [3.05, 3.63) is 17.7 Å². The highest BCUT2D eigenvalue weighted by molar-refractivity contribution is 5.48. The minimum atomic E-state index is 0.378. The average molecular weight is 248 g/mol. The second-order valence-electron chi connectivity index (χ2n) is 5.57. The van der Waals surface area contributed by atoms with Crippen molar-refractivity contribution in [2.24, 2.45) is 5.92 Å². The SMILES string of the molecule is CNCc1nc(C(C)C)ncc1N(C)CC1CC1. The first kappa shape index (κ1) is 13.3. The number of hydrogen-bond acceptors (Lipinski definition) is 4. The summed E-state index contributed by atoms with van der Waals surface area (Å²) >= 11 is 0. The van der Waals surface area contributed by atoms with Gasteiger partial charge in [0, 0.05) is 26.1 Å². The van der Waals surface area contributed by atoms with Gasteiger partial charge in [-0.2, -0.15) is 0 Å². The highest BCUT2D eigenvalue weighted by Crippen LogP contribution is 2.31. The lowest BCUT2D eigenvalue weighted by Gasteiger charge is -2.22. The van der Waals surface area contributed by atoms with Gasteiger partial charge < -0.3 is 10.2 Å². The van der Waals surface area contributed by atoms with Crippen LogP contribution in [0, 0.1) is 5.92 Å². The Balaban J connectivity index is 2.20. The molecule has 0 aromatic carbocycles. The largest absolute Gasteiger partial charge is 0.372 e. The zero-order valence-corrected chi connectivity index (χ0v) is 11.9. The molecule has 0 atom stereocenters. The smallest absolute Gasteiger partial charge is 0.131 e. The fourth-order valence-corrected chi connectivity index (χ4v) is 2.11. The van der Waals surface area contributed by atoms with Crippen molar-refractivity contribution in [1.29, 1.82) is 0 Å². The van der Waals surface area contributed by atoms with Crippen molar-refractivity contribution in [1.82, 2.24) is 15.3 Å². The van der Waals surface area contributed by atoms with Gasteiger partial charge in [0.05, 0.1) is 17.6 Å². The van der Waals surface area contributed by atoms with E-state index < -0.39 is 0 Å². The van der Waals surface area contributed by atoms with Crippen LogP contribution in [0.15, 0.2) is 6.20 Å². The lowest BCUT2D eigenvalue weighted by atomic mass is 10.2. The molecule has 0 spiro atoms. The summed E-state index contributed by atoms with van der Waals surface area (Å²) in [4.78, 5) is 11.5. The van der Waals surface area contributed by atoms with Crippen LogP contribution in [0.2, 0.25) is 0 Å². The van der Waals surface area contributed by atoms with Gasteiger partial charge >= 0.3 is 0 Å². The second kappa shape index (κ2) is 5.65. The second-order valence-corrected chi connectivity index (χ2v) is 5.57. The van der Waals surface area contributed by atoms with Gasteiger partial charge in [0.1, 0.15) is 5.82 Å². The van der Waals surface area contributed by atoms with Crippen LogP contribution < -0.4 is 10.2 Å². The fourth-order valence-electron chi connectivity index (χ4n) is 2.11. The standard InChI is InChI=1S/C14H24N4/c1-10(2)14-16-8-13(12(17-14)7-15-3)18(4)9-11-5-6-11/h8,10-11,15H,5-7,9H2,1-4H3. The first-order valence-corrected chi connectivity index (χ1v) is 6.83. The lowest BCUT2D eigenvalue weighted by Crippen LogP contribution is -2.24. The van der Waals surface area contributed by atoms with Crippen molar-refractivity contribution in [3.63, 3.8) is 0 Å². The average Bonchev–Trinajstić information content (AvgIpc) is 3.13. The molecule has 0 bridgehead atoms. The number of rotatable bonds is 6. The van der Waals surface area contributed by atoms with Gasteiger partial charge in [0.15, 0.2) is 0 Å². The Kier molecular flexibility index (Phi) is 4.17. The maximum absolute atomic E-state index is 4.70. The first-order chi connectivity index (χ1) is 8.61. The third-order valence-corrected chi connectivity index (χ3v) is 3.37. The van der Waals surface area contributed by atoms with Gasteiger partial charge in [-0.05, 0) is 25.8 Å². The molecule has 1 aliphatic carbocycles. The maximum atomic E-state index is 4.70. The summed E-state index contributed by atoms with van der Waals surface area (Å²) in [6.45, 7) is 6.19. The lowest BCUT2D eigenvalue weighted by molar-refractivity contribution is 0.710. The van der Waals surface area contributed by atoms with E-state index in [4.69, 9.17) is 4.98 Å². The molecule has 1 N–H and O–H groups in total. The molecule has 1 aromatic rings. The number of nitrogens with one attached hydrogen (secondary N) is 1. The number of nitrogens with zero attached hydrogens (tertiary/aromatic N) is 3. The van der Waals surface area contributed by atoms with Crippen LogP contribution in [0.5, 0.6) is 0 Å². The minimum Gasteiger partial charge on any atom is -0.372 e. The summed E-state index contributed by atoms with van der Waals surface area (Å²) in [5, 5.41) is 3.20. The predicted molar refractivity (Wildman–Crippen MR) is 74.9 cm³/mol. The van der Waals surface area contributed by atoms with E-state index in [-0.39, 0.29) is 0 Å². The van der Waals surface area contributed by atoms with Gasteiger partial charge in [-0.3, -0.25) is 0 Å². The molecule has 2 rings (SSSR count). The molecule has 4 heteroatoms. The monoisotopic (exact) mass is 248 g/mol. The molecule has 1 heterocycles. The molecular weight excluding hydrogens is 224 g/mol. The zero-order valence-electron chi connectivity index (χ0n) is 11.9. The van der Waals surface area contributed by atoms with Gasteiger partial charge in [-0.25, -0.2) is 9.97 Å². The van der Waals surface area contributed by atoms with Gasteiger partial charge in [0.25, 0.3) is 0 Å². The highest BCUT2D eigenvalue weighted by Gasteiger charge is 2.24. The molecule has 0 unspecified atom stereocenters. The molecule has 1 fully saturated rings. The Morgan fingerprint density at radius 3 is 2.72 bits per heavy atom. The quantitative estimate of drug-likeness (QED) is 0.837. The van der Waals surface area contributed by atoms with Crippen LogP contribution in [-0.2, 0) is 6.54 Å². The summed E-state index contributed by atoms with van der Waals surface area (Å²) in [5.74, 6) is 2.19. The molecule has 0 saturated heterocycles. The van der Waals surface area contributed by atoms with E-state index >= 15 is 0 Å². The first-order valence-electron chi connectivity index (χ1n) is 6.83. The Bertz CT molecular complexity index is 399. The van der Waals surface area contributed by atoms with Crippen LogP contribution >= 0.6 is 0 Å². The predicted octanol–water partition coefficient (Wildman–Crippen LogP) is 2.17. The van der Waals surface area contributed by atoms with E-state index in [1.54, 1.807) is 0 Å². The molecule has 1 saturated carbocycles. The van der Waals surface area contributed by atoms with E-state index in [9.17, 15) is 0 Å². The number of hydrogen-bond donors (Lipinski definition) is 1. The fraction of sp³-hybridized carbons (Fsp3) is 0.714. The van der Waals surface area contributed by atoms with E-state index in [1.165, 1.54) is 18.5 Å². The van der Waals surface area contributed by atoms with Crippen LogP contribution in [0.25, 0.3) is 0 Å². The summed E-state index contributed by atoms with van der Waals surface area (Å²) < 4.78 is 0. The molecule has 4 nitrogen and oxygen atoms in total. The summed E-state index contributed by atoms with van der Waals surface area (Å²) in [6, 6.07) is 0. The van der Waals surface area contributed by atoms with Crippen molar-refractivity contribution in [2.45, 2.75) is 39.2 Å². The molecule has 1 aromatic heterocycles. The summed E-state index contributed by atoms with van der Waals surface area (Å²) in [7, 11) is 4.10. The Hall–Kier alpha value is -1.16. The van der Waals surface area contributed by atoms with E-state index in [0.717, 1.165) is 30.5 Å². The molecule has 0 radical (unpaired) electrons. The zero-order chi connectivity index (χ0) is 13.1. The molecule has 1 aliphatic rings. The van der Waals surface area contributed by atoms with Gasteiger partial charge in [0.2, 0.25) is 0 Å². The van der Waals surface area contributed by atoms with Crippen molar-refractivity contribution < 1.29 is 0 Å². The van der Waals surface area contributed by atoms with E-state index in [2.05, 4.69) is 36.1 Å². The Labute approximate surface area is 110 Å². The number of aromatic nitrogens is 2. The number of anilines is 1. The van der Waals surface area contributed by atoms with Crippen molar-refractivity contribution >= 4 is 5.69 Å². The van der Waals surface area contributed by atoms with Gasteiger partial charge in [-0.1, -0.05) is 13.8 Å². The molecule has 0 aliphatic heterocycles. The van der Waals surface area contributed by atoms with E-state index in [1.807, 2.05) is 13.2 Å². The molecular formula is C14H24N4. The Morgan fingerprint density at radius 2 is 2.17 bits per heavy atom. The summed E-state index contributed by atoms with van der Waals surface area (Å²) in [6.07, 6.45) is 4.73. The molecule has 0 amide bonds. The van der Waals surface area contributed by atoms with Crippen LogP contribution in [-0.4, -0.2) is 30.6 Å². The topological polar surface area (TPSA) is 41.1 Å². The van der Waals surface area contributed by atoms with Crippen LogP contribution in [0.4, 0.5) is 5.69 Å². The molecule has 100 valence electrons. The maximum Gasteiger partial charge on any atom is 0.131 e. The molecule has 18 heavy (non-hydrogen) atoms. The van der Waals surface area contributed by atoms with Gasteiger partial charge in [-0.15, -0.1) is 0 Å². The van der Waals surface area contributed by atoms with Crippen LogP contribution in [0.3, 0.4) is 0 Å². The minimum absolute atomic E-state index is 0.378. The Morgan fingerprint density at radius 1 is 1.44 bits per heavy atom. The van der Waals surface area contributed by atoms with Crippen molar-refractivity contribution in [3.8, 4) is 0 Å². The normalized spacial score (nSPS) is 15.2. The van der Waals surface area contributed by atoms with Crippen molar-refractivity contribution in [2.75, 3.05) is 25.5 Å². The van der Waals surface area contributed by atoms with E-state index in [0.29, 0.717) is 5.92 Å².